The Labute approximate surface area is 95.0 Å². The third kappa shape index (κ3) is 1.06. The SMILES string of the molecule is COC(=O)N1[C@@H]2CC[C@H]1c1c(C)cccc12. The number of amides is 1. The number of benzene rings is 1. The Morgan fingerprint density at radius 3 is 2.81 bits per heavy atom. The summed E-state index contributed by atoms with van der Waals surface area (Å²) in [4.78, 5) is 13.7. The molecule has 3 nitrogen and oxygen atoms in total. The molecular weight excluding hydrogens is 202 g/mol. The van der Waals surface area contributed by atoms with E-state index in [1.165, 1.54) is 23.8 Å². The van der Waals surface area contributed by atoms with Gasteiger partial charge in [-0.05, 0) is 36.5 Å². The van der Waals surface area contributed by atoms with Gasteiger partial charge in [-0.1, -0.05) is 18.2 Å². The van der Waals surface area contributed by atoms with Gasteiger partial charge in [-0.15, -0.1) is 0 Å². The molecule has 16 heavy (non-hydrogen) atoms. The van der Waals surface area contributed by atoms with Crippen LogP contribution in [0, 0.1) is 6.92 Å². The summed E-state index contributed by atoms with van der Waals surface area (Å²) in [6.07, 6.45) is 1.94. The van der Waals surface area contributed by atoms with E-state index >= 15 is 0 Å². The van der Waals surface area contributed by atoms with Gasteiger partial charge in [-0.25, -0.2) is 4.79 Å². The van der Waals surface area contributed by atoms with Crippen LogP contribution in [0.1, 0.15) is 41.6 Å². The largest absolute Gasteiger partial charge is 0.453 e. The van der Waals surface area contributed by atoms with Crippen LogP contribution in [-0.4, -0.2) is 18.1 Å². The summed E-state index contributed by atoms with van der Waals surface area (Å²) < 4.78 is 4.87. The third-order valence-corrected chi connectivity index (χ3v) is 3.82. The number of aryl methyl sites for hydroxylation is 1. The molecular formula is C13H15NO2. The minimum absolute atomic E-state index is 0.192. The number of methoxy groups -OCH3 is 1. The van der Waals surface area contributed by atoms with Gasteiger partial charge in [0.2, 0.25) is 0 Å². The summed E-state index contributed by atoms with van der Waals surface area (Å²) in [6, 6.07) is 6.82. The predicted octanol–water partition coefficient (Wildman–Crippen LogP) is 2.95. The normalized spacial score (nSPS) is 25.8. The van der Waals surface area contributed by atoms with Crippen molar-refractivity contribution < 1.29 is 9.53 Å². The van der Waals surface area contributed by atoms with E-state index in [4.69, 9.17) is 4.74 Å². The average molecular weight is 217 g/mol. The predicted molar refractivity (Wildman–Crippen MR) is 60.1 cm³/mol. The van der Waals surface area contributed by atoms with Gasteiger partial charge < -0.3 is 4.74 Å². The molecule has 0 aromatic heterocycles. The molecule has 2 heterocycles. The van der Waals surface area contributed by atoms with E-state index in [0.717, 1.165) is 12.8 Å². The van der Waals surface area contributed by atoms with Gasteiger partial charge in [0.15, 0.2) is 0 Å². The Bertz CT molecular complexity index is 455. The molecule has 2 aliphatic rings. The number of ether oxygens (including phenoxy) is 1. The van der Waals surface area contributed by atoms with E-state index < -0.39 is 0 Å². The number of fused-ring (bicyclic) bond motifs is 5. The van der Waals surface area contributed by atoms with Crippen molar-refractivity contribution >= 4 is 6.09 Å². The fourth-order valence-corrected chi connectivity index (χ4v) is 3.21. The maximum absolute atomic E-state index is 11.8. The smallest absolute Gasteiger partial charge is 0.410 e. The third-order valence-electron chi connectivity index (χ3n) is 3.82. The van der Waals surface area contributed by atoms with Crippen LogP contribution in [-0.2, 0) is 4.74 Å². The first-order valence-corrected chi connectivity index (χ1v) is 5.69. The van der Waals surface area contributed by atoms with Gasteiger partial charge in [-0.3, -0.25) is 4.90 Å². The maximum Gasteiger partial charge on any atom is 0.410 e. The van der Waals surface area contributed by atoms with E-state index in [9.17, 15) is 4.79 Å². The molecule has 0 radical (unpaired) electrons. The first kappa shape index (κ1) is 9.70. The molecule has 0 aliphatic carbocycles. The Balaban J connectivity index is 2.09. The lowest BCUT2D eigenvalue weighted by Gasteiger charge is -2.20. The summed E-state index contributed by atoms with van der Waals surface area (Å²) >= 11 is 0. The molecule has 0 unspecified atom stereocenters. The molecule has 1 aromatic carbocycles. The zero-order chi connectivity index (χ0) is 11.3. The summed E-state index contributed by atoms with van der Waals surface area (Å²) in [7, 11) is 1.46. The van der Waals surface area contributed by atoms with Crippen molar-refractivity contribution in [3.63, 3.8) is 0 Å². The van der Waals surface area contributed by atoms with Crippen molar-refractivity contribution in [2.45, 2.75) is 31.8 Å². The molecule has 2 atom stereocenters. The van der Waals surface area contributed by atoms with E-state index in [-0.39, 0.29) is 18.2 Å². The first-order chi connectivity index (χ1) is 7.74. The van der Waals surface area contributed by atoms with Crippen LogP contribution in [0.4, 0.5) is 4.79 Å². The monoisotopic (exact) mass is 217 g/mol. The minimum Gasteiger partial charge on any atom is -0.453 e. The van der Waals surface area contributed by atoms with E-state index in [1.54, 1.807) is 0 Å². The zero-order valence-electron chi connectivity index (χ0n) is 9.56. The van der Waals surface area contributed by atoms with Gasteiger partial charge in [0, 0.05) is 0 Å². The summed E-state index contributed by atoms with van der Waals surface area (Å²) in [6.45, 7) is 2.12. The lowest BCUT2D eigenvalue weighted by Crippen LogP contribution is -2.27. The van der Waals surface area contributed by atoms with Crippen molar-refractivity contribution in [3.8, 4) is 0 Å². The van der Waals surface area contributed by atoms with Crippen LogP contribution in [0.2, 0.25) is 0 Å². The van der Waals surface area contributed by atoms with Gasteiger partial charge in [0.1, 0.15) is 0 Å². The highest BCUT2D eigenvalue weighted by Gasteiger charge is 2.47. The van der Waals surface area contributed by atoms with E-state index in [0.29, 0.717) is 0 Å². The molecule has 0 saturated carbocycles. The van der Waals surface area contributed by atoms with Gasteiger partial charge >= 0.3 is 6.09 Å². The van der Waals surface area contributed by atoms with E-state index in [1.807, 2.05) is 4.90 Å². The van der Waals surface area contributed by atoms with Crippen molar-refractivity contribution in [3.05, 3.63) is 34.9 Å². The van der Waals surface area contributed by atoms with E-state index in [2.05, 4.69) is 25.1 Å². The Hall–Kier alpha value is -1.51. The van der Waals surface area contributed by atoms with Crippen LogP contribution >= 0.6 is 0 Å². The molecule has 1 saturated heterocycles. The van der Waals surface area contributed by atoms with Crippen LogP contribution in [0.3, 0.4) is 0 Å². The Morgan fingerprint density at radius 2 is 2.12 bits per heavy atom. The Morgan fingerprint density at radius 1 is 1.38 bits per heavy atom. The topological polar surface area (TPSA) is 29.5 Å². The van der Waals surface area contributed by atoms with Crippen molar-refractivity contribution in [2.75, 3.05) is 7.11 Å². The van der Waals surface area contributed by atoms with Gasteiger partial charge in [-0.2, -0.15) is 0 Å². The molecule has 84 valence electrons. The summed E-state index contributed by atoms with van der Waals surface area (Å²) in [5.74, 6) is 0. The number of hydrogen-bond donors (Lipinski definition) is 0. The van der Waals surface area contributed by atoms with Crippen molar-refractivity contribution in [1.82, 2.24) is 4.90 Å². The lowest BCUT2D eigenvalue weighted by molar-refractivity contribution is 0.110. The zero-order valence-corrected chi connectivity index (χ0v) is 9.56. The average Bonchev–Trinajstić information content (AvgIpc) is 2.85. The molecule has 0 spiro atoms. The van der Waals surface area contributed by atoms with Crippen LogP contribution in [0.5, 0.6) is 0 Å². The number of rotatable bonds is 0. The maximum atomic E-state index is 11.8. The Kier molecular flexibility index (Phi) is 1.96. The molecule has 1 amide bonds. The van der Waals surface area contributed by atoms with Gasteiger partial charge in [0.25, 0.3) is 0 Å². The summed E-state index contributed by atoms with van der Waals surface area (Å²) in [5, 5.41) is 0. The van der Waals surface area contributed by atoms with Crippen LogP contribution < -0.4 is 0 Å². The fraction of sp³-hybridized carbons (Fsp3) is 0.462. The molecule has 3 heteroatoms. The molecule has 0 N–H and O–H groups in total. The number of carbonyl (C=O) groups excluding carboxylic acids is 1. The second-order valence-corrected chi connectivity index (χ2v) is 4.56. The van der Waals surface area contributed by atoms with Crippen molar-refractivity contribution in [2.24, 2.45) is 0 Å². The second-order valence-electron chi connectivity index (χ2n) is 4.56. The van der Waals surface area contributed by atoms with Crippen molar-refractivity contribution in [1.29, 1.82) is 0 Å². The standard InChI is InChI=1S/C13H15NO2/c1-8-4-3-5-9-10-6-7-11(12(8)9)14(10)13(15)16-2/h3-5,10-11H,6-7H2,1-2H3/t10-,11+/m1/s1. The second kappa shape index (κ2) is 3.24. The molecule has 1 fully saturated rings. The van der Waals surface area contributed by atoms with Gasteiger partial charge in [0.05, 0.1) is 19.2 Å². The molecule has 3 rings (SSSR count). The van der Waals surface area contributed by atoms with Crippen LogP contribution in [0.15, 0.2) is 18.2 Å². The molecule has 1 aromatic rings. The number of carbonyl (C=O) groups is 1. The molecule has 2 bridgehead atoms. The highest BCUT2D eigenvalue weighted by molar-refractivity contribution is 5.71. The number of nitrogens with zero attached hydrogens (tertiary/aromatic N) is 1. The highest BCUT2D eigenvalue weighted by Crippen LogP contribution is 2.54. The van der Waals surface area contributed by atoms with Crippen LogP contribution in [0.25, 0.3) is 0 Å². The number of hydrogen-bond acceptors (Lipinski definition) is 2. The summed E-state index contributed by atoms with van der Waals surface area (Å²) in [5.41, 5.74) is 3.96. The molecule has 2 aliphatic heterocycles. The lowest BCUT2D eigenvalue weighted by atomic mass is 9.89. The highest BCUT2D eigenvalue weighted by atomic mass is 16.5. The minimum atomic E-state index is -0.192. The quantitative estimate of drug-likeness (QED) is 0.668. The first-order valence-electron chi connectivity index (χ1n) is 5.69. The fourth-order valence-electron chi connectivity index (χ4n) is 3.21.